The van der Waals surface area contributed by atoms with Gasteiger partial charge in [0.05, 0.1) is 17.4 Å². The van der Waals surface area contributed by atoms with Gasteiger partial charge in [0, 0.05) is 19.3 Å². The predicted molar refractivity (Wildman–Crippen MR) is 58.8 cm³/mol. The fraction of sp³-hybridized carbons (Fsp3) is 0.455. The molecular formula is C11H15N3O. The minimum absolute atomic E-state index is 0.377. The molecule has 0 bridgehead atoms. The summed E-state index contributed by atoms with van der Waals surface area (Å²) in [5, 5.41) is 0. The summed E-state index contributed by atoms with van der Waals surface area (Å²) in [4.78, 5) is 17.5. The van der Waals surface area contributed by atoms with Crippen LogP contribution in [0.25, 0.3) is 0 Å². The molecule has 0 unspecified atom stereocenters. The molecule has 80 valence electrons. The van der Waals surface area contributed by atoms with Crippen LogP contribution in [0.4, 0.5) is 5.69 Å². The number of carbonyl (C=O) groups is 1. The minimum Gasteiger partial charge on any atom is -0.370 e. The maximum Gasteiger partial charge on any atom is 0.250 e. The highest BCUT2D eigenvalue weighted by Crippen LogP contribution is 2.22. The van der Waals surface area contributed by atoms with Gasteiger partial charge in [-0.15, -0.1) is 0 Å². The second-order valence-electron chi connectivity index (χ2n) is 3.80. The van der Waals surface area contributed by atoms with Crippen LogP contribution in [0.3, 0.4) is 0 Å². The van der Waals surface area contributed by atoms with Crippen LogP contribution in [-0.4, -0.2) is 24.0 Å². The summed E-state index contributed by atoms with van der Waals surface area (Å²) >= 11 is 0. The number of hydrogen-bond donors (Lipinski definition) is 1. The van der Waals surface area contributed by atoms with Crippen molar-refractivity contribution in [1.82, 2.24) is 4.98 Å². The van der Waals surface area contributed by atoms with Crippen LogP contribution >= 0.6 is 0 Å². The molecule has 1 saturated heterocycles. The van der Waals surface area contributed by atoms with Gasteiger partial charge in [-0.05, 0) is 25.3 Å². The Morgan fingerprint density at radius 1 is 1.33 bits per heavy atom. The highest BCUT2D eigenvalue weighted by atomic mass is 16.1. The van der Waals surface area contributed by atoms with Gasteiger partial charge in [0.2, 0.25) is 0 Å². The molecule has 1 aliphatic rings. The summed E-state index contributed by atoms with van der Waals surface area (Å²) in [5.41, 5.74) is 6.78. The second-order valence-corrected chi connectivity index (χ2v) is 3.80. The Morgan fingerprint density at radius 2 is 2.07 bits per heavy atom. The number of carbonyl (C=O) groups excluding carboxylic acids is 1. The third-order valence-corrected chi connectivity index (χ3v) is 2.76. The normalized spacial score (nSPS) is 16.4. The summed E-state index contributed by atoms with van der Waals surface area (Å²) in [6.45, 7) is 1.98. The summed E-state index contributed by atoms with van der Waals surface area (Å²) in [7, 11) is 0. The highest BCUT2D eigenvalue weighted by Gasteiger charge is 2.16. The summed E-state index contributed by atoms with van der Waals surface area (Å²) in [5.74, 6) is -0.377. The molecule has 4 heteroatoms. The largest absolute Gasteiger partial charge is 0.370 e. The number of anilines is 1. The monoisotopic (exact) mass is 205 g/mol. The van der Waals surface area contributed by atoms with Gasteiger partial charge in [0.15, 0.2) is 0 Å². The third kappa shape index (κ3) is 2.09. The van der Waals surface area contributed by atoms with Gasteiger partial charge in [-0.25, -0.2) is 0 Å². The van der Waals surface area contributed by atoms with Crippen molar-refractivity contribution >= 4 is 11.6 Å². The molecule has 0 radical (unpaired) electrons. The van der Waals surface area contributed by atoms with Crippen LogP contribution in [0.5, 0.6) is 0 Å². The smallest absolute Gasteiger partial charge is 0.250 e. The van der Waals surface area contributed by atoms with Crippen LogP contribution < -0.4 is 10.6 Å². The zero-order valence-electron chi connectivity index (χ0n) is 8.65. The first-order valence-electron chi connectivity index (χ1n) is 5.28. The lowest BCUT2D eigenvalue weighted by molar-refractivity contribution is 0.100. The Hall–Kier alpha value is -1.58. The molecule has 0 aliphatic carbocycles. The molecule has 1 aromatic rings. The molecule has 1 aromatic heterocycles. The molecule has 1 fully saturated rings. The maximum absolute atomic E-state index is 11.2. The number of piperidine rings is 1. The number of primary amides is 1. The number of nitrogens with two attached hydrogens (primary N) is 1. The number of nitrogens with zero attached hydrogens (tertiary/aromatic N) is 2. The Balaban J connectivity index is 2.29. The Labute approximate surface area is 89.1 Å². The molecule has 0 saturated carbocycles. The van der Waals surface area contributed by atoms with Crippen molar-refractivity contribution in [3.05, 3.63) is 24.0 Å². The first-order chi connectivity index (χ1) is 7.29. The first-order valence-corrected chi connectivity index (χ1v) is 5.28. The molecule has 0 spiro atoms. The van der Waals surface area contributed by atoms with Crippen LogP contribution in [0.15, 0.2) is 18.5 Å². The Bertz CT molecular complexity index is 359. The van der Waals surface area contributed by atoms with Gasteiger partial charge in [-0.2, -0.15) is 0 Å². The molecule has 2 N–H and O–H groups in total. The van der Waals surface area contributed by atoms with Crippen molar-refractivity contribution < 1.29 is 4.79 Å². The molecule has 2 rings (SSSR count). The molecule has 0 atom stereocenters. The average molecular weight is 205 g/mol. The van der Waals surface area contributed by atoms with Gasteiger partial charge >= 0.3 is 0 Å². The Kier molecular flexibility index (Phi) is 2.85. The van der Waals surface area contributed by atoms with Crippen molar-refractivity contribution in [2.75, 3.05) is 18.0 Å². The van der Waals surface area contributed by atoms with E-state index in [1.807, 2.05) is 0 Å². The first kappa shape index (κ1) is 9.96. The number of aromatic nitrogens is 1. The van der Waals surface area contributed by atoms with E-state index in [-0.39, 0.29) is 5.91 Å². The molecule has 1 aliphatic heterocycles. The fourth-order valence-electron chi connectivity index (χ4n) is 1.98. The standard InChI is InChI=1S/C11H15N3O/c12-11(15)9-4-5-13-8-10(9)14-6-2-1-3-7-14/h4-5,8H,1-3,6-7H2,(H2,12,15). The van der Waals surface area contributed by atoms with Gasteiger partial charge in [0.25, 0.3) is 5.91 Å². The van der Waals surface area contributed by atoms with Crippen molar-refractivity contribution in [1.29, 1.82) is 0 Å². The van der Waals surface area contributed by atoms with Crippen LogP contribution in [0.2, 0.25) is 0 Å². The molecule has 0 aromatic carbocycles. The summed E-state index contributed by atoms with van der Waals surface area (Å²) < 4.78 is 0. The van der Waals surface area contributed by atoms with Crippen molar-refractivity contribution in [2.24, 2.45) is 5.73 Å². The van der Waals surface area contributed by atoms with E-state index in [0.717, 1.165) is 18.8 Å². The van der Waals surface area contributed by atoms with Gasteiger partial charge in [-0.1, -0.05) is 0 Å². The lowest BCUT2D eigenvalue weighted by Crippen LogP contribution is -2.31. The van der Waals surface area contributed by atoms with Crippen molar-refractivity contribution in [3.8, 4) is 0 Å². The van der Waals surface area contributed by atoms with E-state index in [1.54, 1.807) is 18.5 Å². The molecule has 4 nitrogen and oxygen atoms in total. The van der Waals surface area contributed by atoms with Gasteiger partial charge < -0.3 is 10.6 Å². The van der Waals surface area contributed by atoms with Crippen LogP contribution in [-0.2, 0) is 0 Å². The van der Waals surface area contributed by atoms with E-state index in [9.17, 15) is 4.79 Å². The summed E-state index contributed by atoms with van der Waals surface area (Å²) in [6.07, 6.45) is 6.95. The van der Waals surface area contributed by atoms with Gasteiger partial charge in [-0.3, -0.25) is 9.78 Å². The van der Waals surface area contributed by atoms with Crippen molar-refractivity contribution in [3.63, 3.8) is 0 Å². The fourth-order valence-corrected chi connectivity index (χ4v) is 1.98. The van der Waals surface area contributed by atoms with Gasteiger partial charge in [0.1, 0.15) is 0 Å². The Morgan fingerprint density at radius 3 is 2.73 bits per heavy atom. The molecule has 2 heterocycles. The van der Waals surface area contributed by atoms with Crippen LogP contribution in [0.1, 0.15) is 29.6 Å². The number of hydrogen-bond acceptors (Lipinski definition) is 3. The predicted octanol–water partition coefficient (Wildman–Crippen LogP) is 1.17. The van der Waals surface area contributed by atoms with Crippen LogP contribution in [0, 0.1) is 0 Å². The van der Waals surface area contributed by atoms with E-state index in [4.69, 9.17) is 5.73 Å². The number of rotatable bonds is 2. The second kappa shape index (κ2) is 4.29. The molecular weight excluding hydrogens is 190 g/mol. The topological polar surface area (TPSA) is 59.2 Å². The number of pyridine rings is 1. The lowest BCUT2D eigenvalue weighted by Gasteiger charge is -2.29. The van der Waals surface area contributed by atoms with Crippen molar-refractivity contribution in [2.45, 2.75) is 19.3 Å². The summed E-state index contributed by atoms with van der Waals surface area (Å²) in [6, 6.07) is 1.69. The molecule has 15 heavy (non-hydrogen) atoms. The highest BCUT2D eigenvalue weighted by molar-refractivity contribution is 5.98. The van der Waals surface area contributed by atoms with E-state index in [2.05, 4.69) is 9.88 Å². The minimum atomic E-state index is -0.377. The van der Waals surface area contributed by atoms with E-state index in [1.165, 1.54) is 19.3 Å². The lowest BCUT2D eigenvalue weighted by atomic mass is 10.1. The molecule has 1 amide bonds. The third-order valence-electron chi connectivity index (χ3n) is 2.76. The number of amides is 1. The van der Waals surface area contributed by atoms with E-state index in [0.29, 0.717) is 5.56 Å². The van der Waals surface area contributed by atoms with E-state index >= 15 is 0 Å². The maximum atomic E-state index is 11.2. The average Bonchev–Trinajstić information content (AvgIpc) is 2.30. The zero-order chi connectivity index (χ0) is 10.7. The van der Waals surface area contributed by atoms with E-state index < -0.39 is 0 Å². The SMILES string of the molecule is NC(=O)c1ccncc1N1CCCCC1. The quantitative estimate of drug-likeness (QED) is 0.788. The zero-order valence-corrected chi connectivity index (χ0v) is 8.65.